The first kappa shape index (κ1) is 9.65. The van der Waals surface area contributed by atoms with Crippen molar-refractivity contribution in [1.29, 1.82) is 0 Å². The molecule has 0 saturated carbocycles. The Balaban J connectivity index is 2.01. The molecule has 0 unspecified atom stereocenters. The van der Waals surface area contributed by atoms with Crippen molar-refractivity contribution in [1.82, 2.24) is 0 Å². The first-order valence-electron chi connectivity index (χ1n) is 4.25. The third-order valence-electron chi connectivity index (χ3n) is 2.30. The van der Waals surface area contributed by atoms with Gasteiger partial charge in [0.25, 0.3) is 0 Å². The van der Waals surface area contributed by atoms with E-state index >= 15 is 0 Å². The van der Waals surface area contributed by atoms with E-state index in [1.165, 1.54) is 4.88 Å². The van der Waals surface area contributed by atoms with Crippen LogP contribution >= 0.6 is 27.3 Å². The maximum Gasteiger partial charge on any atom is 0.0827 e. The number of thiophene rings is 1. The number of ether oxygens (including phenoxy) is 1. The van der Waals surface area contributed by atoms with Gasteiger partial charge >= 0.3 is 0 Å². The topological polar surface area (TPSA) is 29.5 Å². The second kappa shape index (κ2) is 4.09. The summed E-state index contributed by atoms with van der Waals surface area (Å²) < 4.78 is 6.35. The second-order valence-corrected chi connectivity index (χ2v) is 5.12. The van der Waals surface area contributed by atoms with Crippen molar-refractivity contribution in [2.24, 2.45) is 5.92 Å². The van der Waals surface area contributed by atoms with Gasteiger partial charge in [-0.25, -0.2) is 0 Å². The lowest BCUT2D eigenvalue weighted by Crippen LogP contribution is -2.19. The van der Waals surface area contributed by atoms with Crippen LogP contribution in [0.4, 0.5) is 0 Å². The van der Waals surface area contributed by atoms with Crippen molar-refractivity contribution < 1.29 is 9.84 Å². The molecular weight excluding hydrogens is 252 g/mol. The van der Waals surface area contributed by atoms with Crippen LogP contribution in [0.5, 0.6) is 0 Å². The monoisotopic (exact) mass is 262 g/mol. The van der Waals surface area contributed by atoms with E-state index in [2.05, 4.69) is 21.3 Å². The summed E-state index contributed by atoms with van der Waals surface area (Å²) in [6.45, 7) is 1.18. The van der Waals surface area contributed by atoms with E-state index in [9.17, 15) is 5.11 Å². The minimum absolute atomic E-state index is 0.273. The second-order valence-electron chi connectivity index (χ2n) is 3.26. The van der Waals surface area contributed by atoms with Gasteiger partial charge in [-0.1, -0.05) is 0 Å². The molecule has 0 radical (unpaired) electrons. The Bertz CT molecular complexity index is 287. The molecule has 2 heterocycles. The predicted octanol–water partition coefficient (Wildman–Crippen LogP) is 2.06. The van der Waals surface area contributed by atoms with Crippen molar-refractivity contribution in [3.63, 3.8) is 0 Å². The molecule has 0 amide bonds. The zero-order valence-electron chi connectivity index (χ0n) is 7.07. The van der Waals surface area contributed by atoms with Gasteiger partial charge in [0.05, 0.1) is 19.3 Å². The highest BCUT2D eigenvalue weighted by Gasteiger charge is 2.26. The average molecular weight is 263 g/mol. The van der Waals surface area contributed by atoms with Crippen molar-refractivity contribution in [2.75, 3.05) is 13.2 Å². The van der Waals surface area contributed by atoms with Gasteiger partial charge in [-0.05, 0) is 33.8 Å². The first-order chi connectivity index (χ1) is 6.27. The summed E-state index contributed by atoms with van der Waals surface area (Å²) in [5.74, 6) is 0.273. The zero-order chi connectivity index (χ0) is 9.26. The van der Waals surface area contributed by atoms with Gasteiger partial charge in [0.1, 0.15) is 0 Å². The Morgan fingerprint density at radius 3 is 3.00 bits per heavy atom. The molecule has 72 valence electrons. The number of halogens is 1. The van der Waals surface area contributed by atoms with Crippen LogP contribution < -0.4 is 0 Å². The van der Waals surface area contributed by atoms with Crippen molar-refractivity contribution in [2.45, 2.75) is 12.5 Å². The summed E-state index contributed by atoms with van der Waals surface area (Å²) in [6.07, 6.45) is 0.633. The average Bonchev–Trinajstić information content (AvgIpc) is 2.65. The summed E-state index contributed by atoms with van der Waals surface area (Å²) in [5, 5.41) is 11.6. The Morgan fingerprint density at radius 1 is 1.62 bits per heavy atom. The number of aliphatic hydroxyl groups is 1. The standard InChI is InChI=1S/C9H11BrO2S/c10-7-1-2-13-9(7)3-6-4-12-5-8(6)11/h1-2,6,8,11H,3-5H2/t6-,8-/m1/s1. The van der Waals surface area contributed by atoms with E-state index in [0.717, 1.165) is 10.9 Å². The quantitative estimate of drug-likeness (QED) is 0.885. The van der Waals surface area contributed by atoms with Gasteiger partial charge < -0.3 is 9.84 Å². The van der Waals surface area contributed by atoms with Gasteiger partial charge in [0.2, 0.25) is 0 Å². The van der Waals surface area contributed by atoms with Crippen molar-refractivity contribution in [3.8, 4) is 0 Å². The van der Waals surface area contributed by atoms with Gasteiger partial charge in [-0.15, -0.1) is 11.3 Å². The van der Waals surface area contributed by atoms with E-state index in [-0.39, 0.29) is 12.0 Å². The molecular formula is C9H11BrO2S. The van der Waals surface area contributed by atoms with Crippen LogP contribution in [0, 0.1) is 5.92 Å². The third kappa shape index (κ3) is 2.13. The number of hydrogen-bond donors (Lipinski definition) is 1. The van der Waals surface area contributed by atoms with Crippen LogP contribution in [0.2, 0.25) is 0 Å². The van der Waals surface area contributed by atoms with Gasteiger partial charge in [-0.3, -0.25) is 0 Å². The molecule has 4 heteroatoms. The molecule has 13 heavy (non-hydrogen) atoms. The molecule has 1 fully saturated rings. The summed E-state index contributed by atoms with van der Waals surface area (Å²) in [6, 6.07) is 2.04. The maximum absolute atomic E-state index is 9.54. The lowest BCUT2D eigenvalue weighted by atomic mass is 10.0. The van der Waals surface area contributed by atoms with E-state index in [4.69, 9.17) is 4.74 Å². The predicted molar refractivity (Wildman–Crippen MR) is 56.0 cm³/mol. The molecule has 1 aromatic rings. The number of hydrogen-bond acceptors (Lipinski definition) is 3. The summed E-state index contributed by atoms with van der Waals surface area (Å²) in [5.41, 5.74) is 0. The maximum atomic E-state index is 9.54. The molecule has 0 spiro atoms. The Labute approximate surface area is 89.7 Å². The molecule has 0 aromatic carbocycles. The molecule has 0 aliphatic carbocycles. The van der Waals surface area contributed by atoms with E-state index < -0.39 is 0 Å². The summed E-state index contributed by atoms with van der Waals surface area (Å²) in [7, 11) is 0. The van der Waals surface area contributed by atoms with Crippen LogP contribution in [-0.2, 0) is 11.2 Å². The molecule has 1 aliphatic heterocycles. The number of aliphatic hydroxyl groups excluding tert-OH is 1. The Morgan fingerprint density at radius 2 is 2.46 bits per heavy atom. The molecule has 1 saturated heterocycles. The number of rotatable bonds is 2. The summed E-state index contributed by atoms with van der Waals surface area (Å²) >= 11 is 5.21. The minimum Gasteiger partial charge on any atom is -0.390 e. The lowest BCUT2D eigenvalue weighted by molar-refractivity contribution is 0.118. The summed E-state index contributed by atoms with van der Waals surface area (Å²) in [4.78, 5) is 1.30. The fraction of sp³-hybridized carbons (Fsp3) is 0.556. The molecule has 2 atom stereocenters. The van der Waals surface area contributed by atoms with Crippen LogP contribution in [0.3, 0.4) is 0 Å². The van der Waals surface area contributed by atoms with Crippen LogP contribution in [0.1, 0.15) is 4.88 Å². The molecule has 2 nitrogen and oxygen atoms in total. The fourth-order valence-electron chi connectivity index (χ4n) is 1.49. The van der Waals surface area contributed by atoms with Gasteiger partial charge in [0, 0.05) is 15.3 Å². The zero-order valence-corrected chi connectivity index (χ0v) is 9.47. The van der Waals surface area contributed by atoms with Crippen LogP contribution in [-0.4, -0.2) is 24.4 Å². The third-order valence-corrected chi connectivity index (χ3v) is 4.25. The largest absolute Gasteiger partial charge is 0.390 e. The van der Waals surface area contributed by atoms with Gasteiger partial charge in [-0.2, -0.15) is 0 Å². The smallest absolute Gasteiger partial charge is 0.0827 e. The molecule has 1 aliphatic rings. The van der Waals surface area contributed by atoms with E-state index in [1.807, 2.05) is 6.07 Å². The van der Waals surface area contributed by atoms with Crippen molar-refractivity contribution in [3.05, 3.63) is 20.8 Å². The highest BCUT2D eigenvalue weighted by Crippen LogP contribution is 2.28. The first-order valence-corrected chi connectivity index (χ1v) is 5.92. The highest BCUT2D eigenvalue weighted by molar-refractivity contribution is 9.10. The molecule has 1 aromatic heterocycles. The van der Waals surface area contributed by atoms with E-state index in [1.54, 1.807) is 11.3 Å². The fourth-order valence-corrected chi connectivity index (χ4v) is 3.10. The SMILES string of the molecule is O[C@@H]1COC[C@H]1Cc1sccc1Br. The molecule has 0 bridgehead atoms. The Kier molecular flexibility index (Phi) is 3.03. The normalized spacial score (nSPS) is 28.2. The molecule has 1 N–H and O–H groups in total. The van der Waals surface area contributed by atoms with Crippen LogP contribution in [0.15, 0.2) is 15.9 Å². The minimum atomic E-state index is -0.283. The van der Waals surface area contributed by atoms with E-state index in [0.29, 0.717) is 13.2 Å². The Hall–Kier alpha value is 0.100. The molecule has 2 rings (SSSR count). The van der Waals surface area contributed by atoms with Crippen molar-refractivity contribution >= 4 is 27.3 Å². The van der Waals surface area contributed by atoms with Gasteiger partial charge in [0.15, 0.2) is 0 Å². The lowest BCUT2D eigenvalue weighted by Gasteiger charge is -2.10. The van der Waals surface area contributed by atoms with Crippen LogP contribution in [0.25, 0.3) is 0 Å². The highest BCUT2D eigenvalue weighted by atomic mass is 79.9.